The predicted octanol–water partition coefficient (Wildman–Crippen LogP) is 0.940. The molecular formula is C13H26N2O3. The highest BCUT2D eigenvalue weighted by Crippen LogP contribution is 2.19. The lowest BCUT2D eigenvalue weighted by Crippen LogP contribution is -2.54. The van der Waals surface area contributed by atoms with Crippen LogP contribution in [0.4, 0.5) is 0 Å². The summed E-state index contributed by atoms with van der Waals surface area (Å²) in [5.41, 5.74) is 0.00601. The largest absolute Gasteiger partial charge is 0.480 e. The molecule has 5 nitrogen and oxygen atoms in total. The number of rotatable bonds is 7. The zero-order valence-corrected chi connectivity index (χ0v) is 11.7. The number of carbonyl (C=O) groups is 1. The number of hydrogen-bond donors (Lipinski definition) is 2. The molecule has 0 aromatic rings. The van der Waals surface area contributed by atoms with E-state index in [2.05, 4.69) is 24.1 Å². The zero-order chi connectivity index (χ0) is 13.6. The second-order valence-corrected chi connectivity index (χ2v) is 5.49. The van der Waals surface area contributed by atoms with E-state index in [9.17, 15) is 4.79 Å². The van der Waals surface area contributed by atoms with Crippen LogP contribution in [0.5, 0.6) is 0 Å². The van der Waals surface area contributed by atoms with Crippen LogP contribution in [0.1, 0.15) is 33.6 Å². The predicted molar refractivity (Wildman–Crippen MR) is 70.8 cm³/mol. The van der Waals surface area contributed by atoms with E-state index in [-0.39, 0.29) is 5.54 Å². The molecule has 1 saturated heterocycles. The van der Waals surface area contributed by atoms with E-state index in [0.717, 1.165) is 32.7 Å². The van der Waals surface area contributed by atoms with Crippen LogP contribution < -0.4 is 5.32 Å². The Labute approximate surface area is 109 Å². The van der Waals surface area contributed by atoms with E-state index in [0.29, 0.717) is 13.0 Å². The van der Waals surface area contributed by atoms with Gasteiger partial charge in [-0.1, -0.05) is 6.92 Å². The van der Waals surface area contributed by atoms with Gasteiger partial charge in [0, 0.05) is 18.6 Å². The highest BCUT2D eigenvalue weighted by Gasteiger charge is 2.31. The normalized spacial score (nSPS) is 21.7. The number of carboxylic acids is 1. The van der Waals surface area contributed by atoms with Crippen LogP contribution in [-0.2, 0) is 9.53 Å². The minimum Gasteiger partial charge on any atom is -0.480 e. The first-order valence-corrected chi connectivity index (χ1v) is 6.76. The van der Waals surface area contributed by atoms with E-state index in [1.165, 1.54) is 0 Å². The molecule has 106 valence electrons. The third kappa shape index (κ3) is 4.55. The summed E-state index contributed by atoms with van der Waals surface area (Å²) in [6.45, 7) is 10.2. The molecule has 18 heavy (non-hydrogen) atoms. The lowest BCUT2D eigenvalue weighted by atomic mass is 10.0. The minimum absolute atomic E-state index is 0.00601. The van der Waals surface area contributed by atoms with Gasteiger partial charge in [-0.25, -0.2) is 0 Å². The van der Waals surface area contributed by atoms with Gasteiger partial charge in [0.2, 0.25) is 0 Å². The van der Waals surface area contributed by atoms with Crippen LogP contribution in [0.25, 0.3) is 0 Å². The molecule has 1 rings (SSSR count). The Hall–Kier alpha value is -0.650. The summed E-state index contributed by atoms with van der Waals surface area (Å²) in [5.74, 6) is -0.755. The van der Waals surface area contributed by atoms with Crippen LogP contribution in [0.15, 0.2) is 0 Å². The minimum atomic E-state index is -0.755. The number of nitrogens with one attached hydrogen (secondary N) is 1. The maximum absolute atomic E-state index is 11.1. The van der Waals surface area contributed by atoms with Gasteiger partial charge >= 0.3 is 5.97 Å². The molecule has 1 fully saturated rings. The maximum atomic E-state index is 11.1. The van der Waals surface area contributed by atoms with Gasteiger partial charge in [0.05, 0.1) is 13.2 Å². The standard InChI is InChI=1S/C13H26N2O3/c1-4-6-14-11(12(16)17)5-7-15-8-9-18-10-13(15,2)3/h11,14H,4-10H2,1-3H3,(H,16,17). The molecular weight excluding hydrogens is 232 g/mol. The number of ether oxygens (including phenoxy) is 1. The molecule has 0 aromatic heterocycles. The van der Waals surface area contributed by atoms with E-state index in [4.69, 9.17) is 9.84 Å². The molecule has 1 heterocycles. The van der Waals surface area contributed by atoms with E-state index < -0.39 is 12.0 Å². The fourth-order valence-electron chi connectivity index (χ4n) is 2.22. The summed E-state index contributed by atoms with van der Waals surface area (Å²) in [6.07, 6.45) is 1.59. The van der Waals surface area contributed by atoms with Crippen LogP contribution in [0, 0.1) is 0 Å². The summed E-state index contributed by atoms with van der Waals surface area (Å²) in [5, 5.41) is 12.2. The van der Waals surface area contributed by atoms with Crippen molar-refractivity contribution in [3.8, 4) is 0 Å². The van der Waals surface area contributed by atoms with Gasteiger partial charge in [0.25, 0.3) is 0 Å². The Morgan fingerprint density at radius 2 is 2.28 bits per heavy atom. The van der Waals surface area contributed by atoms with Crippen molar-refractivity contribution in [3.05, 3.63) is 0 Å². The average molecular weight is 258 g/mol. The van der Waals surface area contributed by atoms with E-state index >= 15 is 0 Å². The Morgan fingerprint density at radius 1 is 1.56 bits per heavy atom. The molecule has 0 amide bonds. The topological polar surface area (TPSA) is 61.8 Å². The fraction of sp³-hybridized carbons (Fsp3) is 0.923. The molecule has 0 spiro atoms. The number of morpholine rings is 1. The molecule has 1 aliphatic rings. The highest BCUT2D eigenvalue weighted by atomic mass is 16.5. The summed E-state index contributed by atoms with van der Waals surface area (Å²) in [6, 6.07) is -0.441. The van der Waals surface area contributed by atoms with Crippen molar-refractivity contribution in [2.24, 2.45) is 0 Å². The number of carboxylic acid groups (broad SMARTS) is 1. The summed E-state index contributed by atoms with van der Waals surface area (Å²) < 4.78 is 5.46. The molecule has 0 bridgehead atoms. The molecule has 0 radical (unpaired) electrons. The first-order chi connectivity index (χ1) is 8.47. The zero-order valence-electron chi connectivity index (χ0n) is 11.7. The first kappa shape index (κ1) is 15.4. The maximum Gasteiger partial charge on any atom is 0.320 e. The molecule has 0 aliphatic carbocycles. The van der Waals surface area contributed by atoms with Gasteiger partial charge in [-0.2, -0.15) is 0 Å². The van der Waals surface area contributed by atoms with Gasteiger partial charge < -0.3 is 15.2 Å². The third-order valence-corrected chi connectivity index (χ3v) is 3.44. The second kappa shape index (κ2) is 7.07. The molecule has 0 aromatic carbocycles. The Morgan fingerprint density at radius 3 is 2.83 bits per heavy atom. The van der Waals surface area contributed by atoms with Gasteiger partial charge in [-0.3, -0.25) is 9.69 Å². The molecule has 0 saturated carbocycles. The summed E-state index contributed by atoms with van der Waals surface area (Å²) in [4.78, 5) is 13.5. The van der Waals surface area contributed by atoms with Crippen LogP contribution in [0.3, 0.4) is 0 Å². The smallest absolute Gasteiger partial charge is 0.320 e. The van der Waals surface area contributed by atoms with Crippen molar-refractivity contribution < 1.29 is 14.6 Å². The number of aliphatic carboxylic acids is 1. The lowest BCUT2D eigenvalue weighted by Gasteiger charge is -2.42. The van der Waals surface area contributed by atoms with Crippen molar-refractivity contribution in [1.29, 1.82) is 0 Å². The second-order valence-electron chi connectivity index (χ2n) is 5.49. The summed E-state index contributed by atoms with van der Waals surface area (Å²) in [7, 11) is 0. The average Bonchev–Trinajstić information content (AvgIpc) is 2.30. The van der Waals surface area contributed by atoms with Gasteiger partial charge in [0.15, 0.2) is 0 Å². The van der Waals surface area contributed by atoms with Gasteiger partial charge in [0.1, 0.15) is 6.04 Å². The molecule has 1 unspecified atom stereocenters. The van der Waals surface area contributed by atoms with Crippen molar-refractivity contribution in [1.82, 2.24) is 10.2 Å². The van der Waals surface area contributed by atoms with Crippen molar-refractivity contribution >= 4 is 5.97 Å². The van der Waals surface area contributed by atoms with E-state index in [1.54, 1.807) is 0 Å². The SMILES string of the molecule is CCCNC(CCN1CCOCC1(C)C)C(=O)O. The number of nitrogens with zero attached hydrogens (tertiary/aromatic N) is 1. The third-order valence-electron chi connectivity index (χ3n) is 3.44. The fourth-order valence-corrected chi connectivity index (χ4v) is 2.22. The highest BCUT2D eigenvalue weighted by molar-refractivity contribution is 5.73. The molecule has 1 aliphatic heterocycles. The van der Waals surface area contributed by atoms with Crippen molar-refractivity contribution in [2.45, 2.75) is 45.2 Å². The van der Waals surface area contributed by atoms with Crippen molar-refractivity contribution in [3.63, 3.8) is 0 Å². The van der Waals surface area contributed by atoms with Crippen LogP contribution >= 0.6 is 0 Å². The van der Waals surface area contributed by atoms with Crippen LogP contribution in [-0.4, -0.2) is 60.4 Å². The van der Waals surface area contributed by atoms with Crippen LogP contribution in [0.2, 0.25) is 0 Å². The lowest BCUT2D eigenvalue weighted by molar-refractivity contribution is -0.140. The van der Waals surface area contributed by atoms with Gasteiger partial charge in [-0.15, -0.1) is 0 Å². The van der Waals surface area contributed by atoms with E-state index in [1.807, 2.05) is 6.92 Å². The quantitative estimate of drug-likeness (QED) is 0.711. The van der Waals surface area contributed by atoms with Gasteiger partial charge in [-0.05, 0) is 33.2 Å². The molecule has 5 heteroatoms. The number of hydrogen-bond acceptors (Lipinski definition) is 4. The Bertz CT molecular complexity index is 269. The van der Waals surface area contributed by atoms with Crippen molar-refractivity contribution in [2.75, 3.05) is 32.8 Å². The monoisotopic (exact) mass is 258 g/mol. The molecule has 2 N–H and O–H groups in total. The first-order valence-electron chi connectivity index (χ1n) is 6.76. The Kier molecular flexibility index (Phi) is 6.05. The Balaban J connectivity index is 2.43. The summed E-state index contributed by atoms with van der Waals surface area (Å²) >= 11 is 0. The molecule has 1 atom stereocenters.